The first-order valence-corrected chi connectivity index (χ1v) is 1.20. The molecule has 28 valence electrons. The molecule has 2 heteroatoms. The van der Waals surface area contributed by atoms with Crippen LogP contribution in [0.1, 0.15) is 13.8 Å². The maximum Gasteiger partial charge on any atom is 0.126 e. The van der Waals surface area contributed by atoms with E-state index in [2.05, 4.69) is 0 Å². The van der Waals surface area contributed by atoms with E-state index >= 15 is 0 Å². The SMILES string of the molecule is CC(C)=O.[Ce]. The van der Waals surface area contributed by atoms with E-state index in [9.17, 15) is 4.79 Å². The smallest absolute Gasteiger partial charge is 0.126 e. The molecule has 0 amide bonds. The van der Waals surface area contributed by atoms with Gasteiger partial charge in [-0.15, -0.1) is 0 Å². The zero-order chi connectivity index (χ0) is 3.58. The molecule has 0 spiro atoms. The van der Waals surface area contributed by atoms with E-state index in [4.69, 9.17) is 0 Å². The molecule has 0 fully saturated rings. The van der Waals surface area contributed by atoms with Crippen LogP contribution in [0, 0.1) is 41.7 Å². The van der Waals surface area contributed by atoms with Gasteiger partial charge >= 0.3 is 0 Å². The average Bonchev–Trinajstić information content (AvgIpc) is 0.811. The van der Waals surface area contributed by atoms with Crippen LogP contribution in [0.25, 0.3) is 0 Å². The maximum absolute atomic E-state index is 9.44. The number of carbonyl (C=O) groups is 1. The monoisotopic (exact) mass is 198 g/mol. The fraction of sp³-hybridized carbons (Fsp3) is 0.667. The van der Waals surface area contributed by atoms with Crippen molar-refractivity contribution < 1.29 is 46.5 Å². The third-order valence-electron chi connectivity index (χ3n) is 0. The molecule has 0 N–H and O–H groups in total. The third kappa shape index (κ3) is 42.8. The second kappa shape index (κ2) is 5.05. The Morgan fingerprint density at radius 2 is 1.40 bits per heavy atom. The zero-order valence-electron chi connectivity index (χ0n) is 3.41. The summed E-state index contributed by atoms with van der Waals surface area (Å²) >= 11 is 0. The van der Waals surface area contributed by atoms with Crippen LogP contribution in [0.4, 0.5) is 0 Å². The quantitative estimate of drug-likeness (QED) is 0.557. The third-order valence-corrected chi connectivity index (χ3v) is 0. The van der Waals surface area contributed by atoms with Gasteiger partial charge in [-0.05, 0) is 13.8 Å². The summed E-state index contributed by atoms with van der Waals surface area (Å²) in [6.45, 7) is 3.06. The summed E-state index contributed by atoms with van der Waals surface area (Å²) in [6.07, 6.45) is 0. The molecular weight excluding hydrogens is 192 g/mol. The van der Waals surface area contributed by atoms with E-state index < -0.39 is 0 Å². The van der Waals surface area contributed by atoms with Crippen LogP contribution >= 0.6 is 0 Å². The molecule has 0 bridgehead atoms. The van der Waals surface area contributed by atoms with Crippen LogP contribution in [0.2, 0.25) is 0 Å². The minimum absolute atomic E-state index is 0. The fourth-order valence-corrected chi connectivity index (χ4v) is 0. The average molecular weight is 198 g/mol. The molecule has 1 nitrogen and oxygen atoms in total. The van der Waals surface area contributed by atoms with E-state index in [1.807, 2.05) is 0 Å². The molecule has 0 heterocycles. The van der Waals surface area contributed by atoms with Gasteiger partial charge in [0.2, 0.25) is 0 Å². The van der Waals surface area contributed by atoms with E-state index in [0.29, 0.717) is 0 Å². The Kier molecular flexibility index (Phi) is 9.49. The van der Waals surface area contributed by atoms with Crippen molar-refractivity contribution in [3.05, 3.63) is 0 Å². The van der Waals surface area contributed by atoms with Crippen molar-refractivity contribution in [2.45, 2.75) is 13.8 Å². The predicted octanol–water partition coefficient (Wildman–Crippen LogP) is 0.595. The maximum atomic E-state index is 9.44. The number of Topliss-reactive ketones (excluding diaryl/α,β-unsaturated/α-hetero) is 1. The van der Waals surface area contributed by atoms with Crippen LogP contribution in [-0.4, -0.2) is 5.78 Å². The van der Waals surface area contributed by atoms with Gasteiger partial charge in [0.25, 0.3) is 0 Å². The van der Waals surface area contributed by atoms with Crippen LogP contribution in [0.3, 0.4) is 0 Å². The van der Waals surface area contributed by atoms with Crippen molar-refractivity contribution in [1.29, 1.82) is 0 Å². The van der Waals surface area contributed by atoms with Gasteiger partial charge in [0.05, 0.1) is 0 Å². The minimum Gasteiger partial charge on any atom is -0.300 e. The van der Waals surface area contributed by atoms with Crippen molar-refractivity contribution in [2.24, 2.45) is 0 Å². The summed E-state index contributed by atoms with van der Waals surface area (Å²) in [6, 6.07) is 0. The van der Waals surface area contributed by atoms with E-state index in [1.165, 1.54) is 13.8 Å². The Labute approximate surface area is 65.5 Å². The molecule has 0 rings (SSSR count). The predicted molar refractivity (Wildman–Crippen MR) is 16.4 cm³/mol. The molecule has 0 aromatic rings. The second-order valence-electron chi connectivity index (χ2n) is 0.908. The molecule has 0 aliphatic rings. The van der Waals surface area contributed by atoms with Crippen molar-refractivity contribution in [3.8, 4) is 0 Å². The van der Waals surface area contributed by atoms with E-state index in [1.54, 1.807) is 0 Å². The zero-order valence-corrected chi connectivity index (χ0v) is 6.55. The van der Waals surface area contributed by atoms with Gasteiger partial charge in [0.15, 0.2) is 0 Å². The van der Waals surface area contributed by atoms with Gasteiger partial charge in [-0.2, -0.15) is 0 Å². The van der Waals surface area contributed by atoms with Gasteiger partial charge in [0.1, 0.15) is 5.78 Å². The molecule has 0 saturated heterocycles. The summed E-state index contributed by atoms with van der Waals surface area (Å²) in [7, 11) is 0. The largest absolute Gasteiger partial charge is 0.300 e. The Balaban J connectivity index is 0. The van der Waals surface area contributed by atoms with Crippen LogP contribution in [0.15, 0.2) is 0 Å². The van der Waals surface area contributed by atoms with Gasteiger partial charge in [0, 0.05) is 41.7 Å². The molecule has 0 aromatic heterocycles. The Bertz CT molecular complexity index is 29.9. The first kappa shape index (κ1) is 9.40. The number of hydrogen-bond acceptors (Lipinski definition) is 1. The Hall–Kier alpha value is 1.05. The van der Waals surface area contributed by atoms with Gasteiger partial charge in [-0.25, -0.2) is 0 Å². The summed E-state index contributed by atoms with van der Waals surface area (Å²) < 4.78 is 0. The second-order valence-corrected chi connectivity index (χ2v) is 0.908. The first-order chi connectivity index (χ1) is 1.73. The summed E-state index contributed by atoms with van der Waals surface area (Å²) in [5.74, 6) is 0.167. The van der Waals surface area contributed by atoms with Crippen LogP contribution in [0.5, 0.6) is 0 Å². The minimum atomic E-state index is 0. The molecule has 0 atom stereocenters. The van der Waals surface area contributed by atoms with Crippen molar-refractivity contribution >= 4 is 5.78 Å². The molecule has 0 unspecified atom stereocenters. The standard InChI is InChI=1S/C3H6O.Ce/c1-3(2)4;/h1-2H3;. The summed E-state index contributed by atoms with van der Waals surface area (Å²) in [5, 5.41) is 0. The number of hydrogen-bond donors (Lipinski definition) is 0. The Morgan fingerprint density at radius 3 is 1.40 bits per heavy atom. The van der Waals surface area contributed by atoms with E-state index in [-0.39, 0.29) is 47.5 Å². The molecular formula is C3H6CeO. The topological polar surface area (TPSA) is 17.1 Å². The summed E-state index contributed by atoms with van der Waals surface area (Å²) in [5.41, 5.74) is 0. The normalized spacial score (nSPS) is 5.20. The van der Waals surface area contributed by atoms with Gasteiger partial charge in [-0.1, -0.05) is 0 Å². The Morgan fingerprint density at radius 1 is 1.40 bits per heavy atom. The van der Waals surface area contributed by atoms with Crippen molar-refractivity contribution in [3.63, 3.8) is 0 Å². The molecule has 0 radical (unpaired) electrons. The number of ketones is 1. The molecule has 0 aliphatic heterocycles. The van der Waals surface area contributed by atoms with Crippen molar-refractivity contribution in [1.82, 2.24) is 0 Å². The number of carbonyl (C=O) groups excluding carboxylic acids is 1. The molecule has 5 heavy (non-hydrogen) atoms. The van der Waals surface area contributed by atoms with Crippen molar-refractivity contribution in [2.75, 3.05) is 0 Å². The first-order valence-electron chi connectivity index (χ1n) is 1.20. The van der Waals surface area contributed by atoms with E-state index in [0.717, 1.165) is 0 Å². The van der Waals surface area contributed by atoms with Crippen LogP contribution in [-0.2, 0) is 4.79 Å². The number of rotatable bonds is 0. The fourth-order valence-electron chi connectivity index (χ4n) is 0. The summed E-state index contributed by atoms with van der Waals surface area (Å²) in [4.78, 5) is 9.44. The van der Waals surface area contributed by atoms with Crippen LogP contribution < -0.4 is 0 Å². The molecule has 0 saturated carbocycles. The van der Waals surface area contributed by atoms with Gasteiger partial charge in [-0.3, -0.25) is 0 Å². The molecule has 0 aliphatic carbocycles. The van der Waals surface area contributed by atoms with Gasteiger partial charge < -0.3 is 4.79 Å². The molecule has 0 aromatic carbocycles.